The zero-order valence-electron chi connectivity index (χ0n) is 9.46. The van der Waals surface area contributed by atoms with Crippen molar-refractivity contribution in [2.24, 2.45) is 5.92 Å². The van der Waals surface area contributed by atoms with E-state index < -0.39 is 0 Å². The fourth-order valence-corrected chi connectivity index (χ4v) is 1.34. The van der Waals surface area contributed by atoms with Gasteiger partial charge < -0.3 is 4.74 Å². The average molecular weight is 229 g/mol. The van der Waals surface area contributed by atoms with Crippen LogP contribution in [0.3, 0.4) is 0 Å². The Morgan fingerprint density at radius 2 is 2.13 bits per heavy atom. The number of hydrogen-bond acceptors (Lipinski definition) is 3. The number of aromatic nitrogens is 2. The predicted molar refractivity (Wildman–Crippen MR) is 61.3 cm³/mol. The van der Waals surface area contributed by atoms with Gasteiger partial charge in [-0.3, -0.25) is 0 Å². The second kappa shape index (κ2) is 5.91. The maximum atomic E-state index is 5.85. The van der Waals surface area contributed by atoms with Gasteiger partial charge >= 0.3 is 0 Å². The highest BCUT2D eigenvalue weighted by Crippen LogP contribution is 2.20. The van der Waals surface area contributed by atoms with Gasteiger partial charge in [-0.2, -0.15) is 0 Å². The molecule has 0 aliphatic heterocycles. The first kappa shape index (κ1) is 12.2. The van der Waals surface area contributed by atoms with E-state index in [1.807, 2.05) is 6.92 Å². The number of ether oxygens (including phenoxy) is 1. The Balaban J connectivity index is 2.41. The highest BCUT2D eigenvalue weighted by molar-refractivity contribution is 6.30. The van der Waals surface area contributed by atoms with Crippen molar-refractivity contribution in [1.82, 2.24) is 9.97 Å². The maximum Gasteiger partial charge on any atom is 0.220 e. The number of hydrogen-bond donors (Lipinski definition) is 0. The van der Waals surface area contributed by atoms with E-state index in [2.05, 4.69) is 23.8 Å². The lowest BCUT2D eigenvalue weighted by Gasteiger charge is -2.08. The molecule has 4 heteroatoms. The Kier molecular flexibility index (Phi) is 4.82. The molecule has 0 aromatic carbocycles. The van der Waals surface area contributed by atoms with Crippen molar-refractivity contribution in [1.29, 1.82) is 0 Å². The minimum Gasteiger partial charge on any atom is -0.477 e. The molecule has 0 atom stereocenters. The summed E-state index contributed by atoms with van der Waals surface area (Å²) in [6, 6.07) is 0. The lowest BCUT2D eigenvalue weighted by atomic mass is 10.1. The molecule has 0 N–H and O–H groups in total. The van der Waals surface area contributed by atoms with Crippen LogP contribution in [-0.2, 0) is 0 Å². The first-order valence-corrected chi connectivity index (χ1v) is 5.59. The third kappa shape index (κ3) is 4.04. The molecular formula is C11H17ClN2O. The number of halogens is 1. The van der Waals surface area contributed by atoms with Crippen LogP contribution in [0.1, 0.15) is 32.3 Å². The molecule has 0 amide bonds. The zero-order valence-corrected chi connectivity index (χ0v) is 10.2. The fraction of sp³-hybridized carbons (Fsp3) is 0.636. The minimum absolute atomic E-state index is 0.462. The van der Waals surface area contributed by atoms with E-state index in [0.29, 0.717) is 23.6 Å². The summed E-state index contributed by atoms with van der Waals surface area (Å²) in [4.78, 5) is 7.91. The van der Waals surface area contributed by atoms with Gasteiger partial charge in [-0.1, -0.05) is 25.4 Å². The summed E-state index contributed by atoms with van der Waals surface area (Å²) in [5, 5.41) is 0.462. The van der Waals surface area contributed by atoms with Crippen LogP contribution < -0.4 is 4.74 Å². The van der Waals surface area contributed by atoms with Crippen LogP contribution in [0.15, 0.2) is 6.33 Å². The molecule has 0 aliphatic rings. The molecule has 1 aromatic rings. The third-order valence-corrected chi connectivity index (χ3v) is 2.52. The molecule has 1 heterocycles. The Morgan fingerprint density at radius 1 is 1.40 bits per heavy atom. The molecule has 15 heavy (non-hydrogen) atoms. The summed E-state index contributed by atoms with van der Waals surface area (Å²) >= 11 is 5.85. The van der Waals surface area contributed by atoms with Crippen molar-refractivity contribution in [3.05, 3.63) is 17.0 Å². The largest absolute Gasteiger partial charge is 0.477 e. The van der Waals surface area contributed by atoms with E-state index in [4.69, 9.17) is 16.3 Å². The van der Waals surface area contributed by atoms with E-state index >= 15 is 0 Å². The van der Waals surface area contributed by atoms with E-state index in [1.165, 1.54) is 6.33 Å². The van der Waals surface area contributed by atoms with Crippen LogP contribution in [0, 0.1) is 12.8 Å². The highest BCUT2D eigenvalue weighted by atomic mass is 35.5. The van der Waals surface area contributed by atoms with Crippen LogP contribution in [-0.4, -0.2) is 16.6 Å². The summed E-state index contributed by atoms with van der Waals surface area (Å²) in [7, 11) is 0. The SMILES string of the molecule is Cc1c(Cl)ncnc1OCCCC(C)C. The summed E-state index contributed by atoms with van der Waals surface area (Å²) in [6.45, 7) is 6.95. The van der Waals surface area contributed by atoms with Crippen LogP contribution in [0.2, 0.25) is 5.15 Å². The van der Waals surface area contributed by atoms with Crippen molar-refractivity contribution >= 4 is 11.6 Å². The highest BCUT2D eigenvalue weighted by Gasteiger charge is 2.05. The average Bonchev–Trinajstić information content (AvgIpc) is 2.18. The van der Waals surface area contributed by atoms with Gasteiger partial charge in [-0.25, -0.2) is 9.97 Å². The van der Waals surface area contributed by atoms with Gasteiger partial charge in [0.25, 0.3) is 0 Å². The molecular weight excluding hydrogens is 212 g/mol. The van der Waals surface area contributed by atoms with E-state index in [9.17, 15) is 0 Å². The van der Waals surface area contributed by atoms with E-state index in [0.717, 1.165) is 18.4 Å². The minimum atomic E-state index is 0.462. The smallest absolute Gasteiger partial charge is 0.220 e. The van der Waals surface area contributed by atoms with Gasteiger partial charge in [0, 0.05) is 5.56 Å². The molecule has 0 fully saturated rings. The Labute approximate surface area is 95.8 Å². The summed E-state index contributed by atoms with van der Waals surface area (Å²) in [5.41, 5.74) is 0.809. The van der Waals surface area contributed by atoms with Crippen LogP contribution in [0.5, 0.6) is 5.88 Å². The Hall–Kier alpha value is -0.830. The summed E-state index contributed by atoms with van der Waals surface area (Å²) in [6.07, 6.45) is 3.63. The van der Waals surface area contributed by atoms with Crippen molar-refractivity contribution < 1.29 is 4.74 Å². The molecule has 0 radical (unpaired) electrons. The summed E-state index contributed by atoms with van der Waals surface area (Å²) in [5.74, 6) is 1.31. The lowest BCUT2D eigenvalue weighted by molar-refractivity contribution is 0.284. The Bertz CT molecular complexity index is 315. The number of rotatable bonds is 5. The second-order valence-corrected chi connectivity index (χ2v) is 4.34. The number of nitrogens with zero attached hydrogens (tertiary/aromatic N) is 2. The second-order valence-electron chi connectivity index (χ2n) is 3.98. The van der Waals surface area contributed by atoms with E-state index in [-0.39, 0.29) is 0 Å². The molecule has 1 rings (SSSR count). The molecule has 0 bridgehead atoms. The van der Waals surface area contributed by atoms with Crippen LogP contribution >= 0.6 is 11.6 Å². The quantitative estimate of drug-likeness (QED) is 0.573. The van der Waals surface area contributed by atoms with Crippen molar-refractivity contribution in [2.75, 3.05) is 6.61 Å². The van der Waals surface area contributed by atoms with E-state index in [1.54, 1.807) is 0 Å². The first-order chi connectivity index (χ1) is 7.11. The van der Waals surface area contributed by atoms with Gasteiger partial charge in [0.2, 0.25) is 5.88 Å². The van der Waals surface area contributed by atoms with Gasteiger partial charge in [0.05, 0.1) is 6.61 Å². The molecule has 0 saturated carbocycles. The van der Waals surface area contributed by atoms with Gasteiger partial charge in [0.1, 0.15) is 11.5 Å². The van der Waals surface area contributed by atoms with Crippen LogP contribution in [0.4, 0.5) is 0 Å². The normalized spacial score (nSPS) is 10.7. The monoisotopic (exact) mass is 228 g/mol. The van der Waals surface area contributed by atoms with Gasteiger partial charge in [-0.05, 0) is 25.7 Å². The molecule has 84 valence electrons. The Morgan fingerprint density at radius 3 is 2.80 bits per heavy atom. The molecule has 0 saturated heterocycles. The molecule has 0 unspecified atom stereocenters. The van der Waals surface area contributed by atoms with Crippen molar-refractivity contribution in [3.63, 3.8) is 0 Å². The fourth-order valence-electron chi connectivity index (χ4n) is 1.22. The lowest BCUT2D eigenvalue weighted by Crippen LogP contribution is -2.03. The maximum absolute atomic E-state index is 5.85. The van der Waals surface area contributed by atoms with Crippen LogP contribution in [0.25, 0.3) is 0 Å². The first-order valence-electron chi connectivity index (χ1n) is 5.21. The zero-order chi connectivity index (χ0) is 11.3. The van der Waals surface area contributed by atoms with Gasteiger partial charge in [-0.15, -0.1) is 0 Å². The van der Waals surface area contributed by atoms with Crippen molar-refractivity contribution in [2.45, 2.75) is 33.6 Å². The van der Waals surface area contributed by atoms with Crippen molar-refractivity contribution in [3.8, 4) is 5.88 Å². The summed E-state index contributed by atoms with van der Waals surface area (Å²) < 4.78 is 5.53. The predicted octanol–water partition coefficient (Wildman–Crippen LogP) is 3.25. The standard InChI is InChI=1S/C11H17ClN2O/c1-8(2)5-4-6-15-11-9(3)10(12)13-7-14-11/h7-8H,4-6H2,1-3H3. The molecule has 0 aliphatic carbocycles. The molecule has 3 nitrogen and oxygen atoms in total. The topological polar surface area (TPSA) is 35.0 Å². The molecule has 1 aromatic heterocycles. The molecule has 0 spiro atoms. The third-order valence-electron chi connectivity index (χ3n) is 2.14. The van der Waals surface area contributed by atoms with Gasteiger partial charge in [0.15, 0.2) is 0 Å².